The van der Waals surface area contributed by atoms with E-state index >= 15 is 0 Å². The van der Waals surface area contributed by atoms with E-state index in [1.54, 1.807) is 6.08 Å². The molecular weight excluding hydrogens is 1290 g/mol. The van der Waals surface area contributed by atoms with Gasteiger partial charge < -0.3 is 65.1 Å². The Balaban J connectivity index is 1.58. The van der Waals surface area contributed by atoms with E-state index in [9.17, 15) is 45.6 Å². The van der Waals surface area contributed by atoms with Crippen LogP contribution in [0.4, 0.5) is 0 Å². The van der Waals surface area contributed by atoms with Gasteiger partial charge in [0.15, 0.2) is 12.6 Å². The van der Waals surface area contributed by atoms with Crippen molar-refractivity contribution >= 4 is 5.91 Å². The van der Waals surface area contributed by atoms with Crippen LogP contribution in [0.1, 0.15) is 393 Å². The molecule has 2 aliphatic rings. The minimum absolute atomic E-state index is 0.242. The summed E-state index contributed by atoms with van der Waals surface area (Å²) in [6, 6.07) is -0.935. The number of nitrogens with one attached hydrogen (secondary N) is 1. The SMILES string of the molecule is CC/C=C\C/C=C\C/C=C\C/C=C\CCCCCCCCCCCCCCCCCCCCCCCCCCC(=O)NC(COC1OC(CO)C(OC2OC(CO)C(O)C(O)C2O)C(O)C1O)C(O)/C=C/CC/C=C/CCCCCCCCCCCCCCCCCCCCCCCCCCCC. The van der Waals surface area contributed by atoms with E-state index in [1.165, 1.54) is 302 Å². The van der Waals surface area contributed by atoms with E-state index in [0.717, 1.165) is 57.8 Å². The molecule has 1 amide bonds. The van der Waals surface area contributed by atoms with Crippen molar-refractivity contribution in [1.82, 2.24) is 5.32 Å². The highest BCUT2D eigenvalue weighted by molar-refractivity contribution is 5.76. The van der Waals surface area contributed by atoms with E-state index in [-0.39, 0.29) is 18.9 Å². The molecule has 14 nitrogen and oxygen atoms in total. The predicted octanol–water partition coefficient (Wildman–Crippen LogP) is 20.9. The van der Waals surface area contributed by atoms with Gasteiger partial charge in [0.2, 0.25) is 5.91 Å². The molecule has 0 spiro atoms. The van der Waals surface area contributed by atoms with Gasteiger partial charge in [0, 0.05) is 6.42 Å². The van der Waals surface area contributed by atoms with Gasteiger partial charge in [0.1, 0.15) is 48.8 Å². The van der Waals surface area contributed by atoms with Crippen LogP contribution in [0.2, 0.25) is 0 Å². The second-order valence-electron chi connectivity index (χ2n) is 30.6. The van der Waals surface area contributed by atoms with Crippen molar-refractivity contribution in [2.45, 2.75) is 466 Å². The van der Waals surface area contributed by atoms with Gasteiger partial charge in [-0.15, -0.1) is 0 Å². The Morgan fingerprint density at radius 3 is 1.07 bits per heavy atom. The second-order valence-corrected chi connectivity index (χ2v) is 30.6. The third-order valence-corrected chi connectivity index (χ3v) is 21.1. The van der Waals surface area contributed by atoms with E-state index in [4.69, 9.17) is 18.9 Å². The molecule has 12 unspecified atom stereocenters. The molecule has 2 saturated heterocycles. The van der Waals surface area contributed by atoms with Crippen LogP contribution in [-0.4, -0.2) is 140 Å². The number of aliphatic hydroxyl groups is 8. The molecule has 2 rings (SSSR count). The molecule has 2 aliphatic heterocycles. The van der Waals surface area contributed by atoms with Gasteiger partial charge in [-0.1, -0.05) is 389 Å². The van der Waals surface area contributed by atoms with Crippen molar-refractivity contribution in [3.05, 3.63) is 72.9 Å². The summed E-state index contributed by atoms with van der Waals surface area (Å²) in [4.78, 5) is 13.4. The maximum Gasteiger partial charge on any atom is 0.220 e. The van der Waals surface area contributed by atoms with Crippen molar-refractivity contribution < 1.29 is 64.6 Å². The van der Waals surface area contributed by atoms with Crippen molar-refractivity contribution in [2.24, 2.45) is 0 Å². The van der Waals surface area contributed by atoms with E-state index < -0.39 is 86.8 Å². The number of amides is 1. The summed E-state index contributed by atoms with van der Waals surface area (Å²) in [6.07, 6.45) is 84.5. The van der Waals surface area contributed by atoms with Gasteiger partial charge in [0.25, 0.3) is 0 Å². The van der Waals surface area contributed by atoms with Crippen molar-refractivity contribution in [3.8, 4) is 0 Å². The zero-order valence-electron chi connectivity index (χ0n) is 66.3. The lowest BCUT2D eigenvalue weighted by atomic mass is 9.97. The fourth-order valence-corrected chi connectivity index (χ4v) is 14.3. The lowest BCUT2D eigenvalue weighted by Gasteiger charge is -2.46. The van der Waals surface area contributed by atoms with Gasteiger partial charge in [-0.25, -0.2) is 0 Å². The molecule has 12 atom stereocenters. The molecule has 0 aromatic heterocycles. The Labute approximate surface area is 631 Å². The van der Waals surface area contributed by atoms with Gasteiger partial charge in [-0.3, -0.25) is 4.79 Å². The van der Waals surface area contributed by atoms with Crippen molar-refractivity contribution in [3.63, 3.8) is 0 Å². The highest BCUT2D eigenvalue weighted by atomic mass is 16.7. The Bertz CT molecular complexity index is 2010. The zero-order valence-corrected chi connectivity index (χ0v) is 66.3. The molecule has 0 bridgehead atoms. The predicted molar refractivity (Wildman–Crippen MR) is 429 cm³/mol. The molecule has 0 radical (unpaired) electrons. The molecule has 14 heteroatoms. The van der Waals surface area contributed by atoms with E-state index in [0.29, 0.717) is 12.8 Å². The number of unbranched alkanes of at least 4 members (excludes halogenated alkanes) is 51. The Hall–Kier alpha value is -2.57. The summed E-state index contributed by atoms with van der Waals surface area (Å²) in [5.74, 6) is -0.242. The lowest BCUT2D eigenvalue weighted by Crippen LogP contribution is -2.65. The summed E-state index contributed by atoms with van der Waals surface area (Å²) in [5, 5.41) is 87.8. The molecule has 2 heterocycles. The highest BCUT2D eigenvalue weighted by Gasteiger charge is 2.51. The largest absolute Gasteiger partial charge is 0.394 e. The summed E-state index contributed by atoms with van der Waals surface area (Å²) in [7, 11) is 0. The van der Waals surface area contributed by atoms with Gasteiger partial charge in [0.05, 0.1) is 32.0 Å². The molecule has 0 aromatic carbocycles. The topological polar surface area (TPSA) is 228 Å². The number of rotatable bonds is 74. The van der Waals surface area contributed by atoms with Gasteiger partial charge in [-0.2, -0.15) is 0 Å². The summed E-state index contributed by atoms with van der Waals surface area (Å²) < 4.78 is 22.9. The molecule has 0 saturated carbocycles. The number of aliphatic hydroxyl groups excluding tert-OH is 8. The first kappa shape index (κ1) is 96.5. The standard InChI is InChI=1S/C89H163NO13/c1-3-5-7-9-11-13-15-17-19-21-23-25-27-29-31-33-35-37-38-39-40-41-43-45-47-49-51-53-55-57-59-61-63-65-67-69-71-73-81(94)90-77(76-100-88-86(99)84(97)87(80(75-92)102-88)103-89-85(98)83(96)82(95)79(74-91)101-89)78(93)72-70-68-66-64-62-60-58-56-54-52-50-48-46-44-42-36-34-32-30-28-26-24-22-20-18-16-14-12-10-8-6-4-2/h5,7,11,13,17,19,23,25,62,64,70,72,77-80,82-89,91-93,95-99H,3-4,6,8-10,12,14-16,18,20-22,24,26-61,63,65-69,71,73-76H2,1-2H3,(H,90,94)/b7-5-,13-11-,19-17-,25-23-,64-62+,72-70+. The molecule has 0 aromatic rings. The monoisotopic (exact) mass is 1450 g/mol. The van der Waals surface area contributed by atoms with Crippen LogP contribution in [0.15, 0.2) is 72.9 Å². The molecule has 2 fully saturated rings. The van der Waals surface area contributed by atoms with Crippen LogP contribution in [0.5, 0.6) is 0 Å². The Morgan fingerprint density at radius 1 is 0.359 bits per heavy atom. The summed E-state index contributed by atoms with van der Waals surface area (Å²) in [5.41, 5.74) is 0. The average molecular weight is 1460 g/mol. The molecule has 0 aliphatic carbocycles. The van der Waals surface area contributed by atoms with Gasteiger partial charge in [-0.05, 0) is 70.6 Å². The summed E-state index contributed by atoms with van der Waals surface area (Å²) >= 11 is 0. The number of allylic oxidation sites excluding steroid dienone is 11. The lowest BCUT2D eigenvalue weighted by molar-refractivity contribution is -0.359. The number of hydrogen-bond donors (Lipinski definition) is 9. The third kappa shape index (κ3) is 54.6. The fraction of sp³-hybridized carbons (Fsp3) is 0.854. The minimum atomic E-state index is -1.79. The molecular formula is C89H163NO13. The number of hydrogen-bond acceptors (Lipinski definition) is 13. The first-order valence-corrected chi connectivity index (χ1v) is 43.7. The van der Waals surface area contributed by atoms with Crippen LogP contribution in [0.25, 0.3) is 0 Å². The van der Waals surface area contributed by atoms with E-state index in [1.807, 2.05) is 6.08 Å². The molecule has 602 valence electrons. The maximum absolute atomic E-state index is 13.4. The first-order valence-electron chi connectivity index (χ1n) is 43.7. The third-order valence-electron chi connectivity index (χ3n) is 21.1. The highest BCUT2D eigenvalue weighted by Crippen LogP contribution is 2.30. The Morgan fingerprint density at radius 2 is 0.680 bits per heavy atom. The van der Waals surface area contributed by atoms with Gasteiger partial charge >= 0.3 is 0 Å². The fourth-order valence-electron chi connectivity index (χ4n) is 14.3. The van der Waals surface area contributed by atoms with Crippen LogP contribution in [0.3, 0.4) is 0 Å². The van der Waals surface area contributed by atoms with Crippen LogP contribution in [-0.2, 0) is 23.7 Å². The number of carbonyl (C=O) groups excluding carboxylic acids is 1. The smallest absolute Gasteiger partial charge is 0.220 e. The van der Waals surface area contributed by atoms with Crippen LogP contribution < -0.4 is 5.32 Å². The summed E-state index contributed by atoms with van der Waals surface area (Å²) in [6.45, 7) is 2.73. The number of ether oxygens (including phenoxy) is 4. The zero-order chi connectivity index (χ0) is 74.4. The maximum atomic E-state index is 13.4. The van der Waals surface area contributed by atoms with Crippen molar-refractivity contribution in [1.29, 1.82) is 0 Å². The van der Waals surface area contributed by atoms with E-state index in [2.05, 4.69) is 79.9 Å². The average Bonchev–Trinajstić information content (AvgIpc) is 0.791. The first-order chi connectivity index (χ1) is 50.6. The van der Waals surface area contributed by atoms with Crippen LogP contribution >= 0.6 is 0 Å². The molecule has 103 heavy (non-hydrogen) atoms. The Kier molecular flexibility index (Phi) is 67.7. The quantitative estimate of drug-likeness (QED) is 0.0204. The van der Waals surface area contributed by atoms with Crippen LogP contribution in [0, 0.1) is 0 Å². The molecule has 9 N–H and O–H groups in total. The van der Waals surface area contributed by atoms with Crippen molar-refractivity contribution in [2.75, 3.05) is 19.8 Å². The minimum Gasteiger partial charge on any atom is -0.394 e. The normalized spacial score (nSPS) is 21.9. The second kappa shape index (κ2) is 72.3. The number of carbonyl (C=O) groups is 1.